The summed E-state index contributed by atoms with van der Waals surface area (Å²) < 4.78 is 0. The molecule has 0 aromatic carbocycles. The first kappa shape index (κ1) is 9.56. The van der Waals surface area contributed by atoms with Crippen LogP contribution in [-0.4, -0.2) is 10.9 Å². The first-order chi connectivity index (χ1) is 4.66. The molecule has 0 aliphatic carbocycles. The van der Waals surface area contributed by atoms with E-state index in [1.54, 1.807) is 6.92 Å². The highest BCUT2D eigenvalue weighted by Crippen LogP contribution is 1.92. The zero-order chi connectivity index (χ0) is 7.98. The molecule has 0 radical (unpaired) electrons. The lowest BCUT2D eigenvalue weighted by atomic mass is 10.2. The number of hydrogen-bond donors (Lipinski definition) is 1. The van der Waals surface area contributed by atoms with E-state index in [1.165, 1.54) is 0 Å². The Morgan fingerprint density at radius 2 is 2.20 bits per heavy atom. The zero-order valence-electron chi connectivity index (χ0n) is 6.44. The van der Waals surface area contributed by atoms with Crippen LogP contribution in [0.15, 0.2) is 0 Å². The van der Waals surface area contributed by atoms with Crippen molar-refractivity contribution >= 4 is 23.1 Å². The molecule has 0 unspecified atom stereocenters. The Kier molecular flexibility index (Phi) is 5.12. The summed E-state index contributed by atoms with van der Waals surface area (Å²) in [5, 5.41) is 2.57. The summed E-state index contributed by atoms with van der Waals surface area (Å²) in [6, 6.07) is 0. The number of nitrogens with one attached hydrogen (secondary N) is 1. The average molecular weight is 159 g/mol. The maximum Gasteiger partial charge on any atom is 0.224 e. The fourth-order valence-corrected chi connectivity index (χ4v) is 0.710. The van der Waals surface area contributed by atoms with Crippen LogP contribution in [0.3, 0.4) is 0 Å². The molecule has 0 atom stereocenters. The van der Waals surface area contributed by atoms with E-state index in [1.807, 2.05) is 0 Å². The second-order valence-corrected chi connectivity index (χ2v) is 2.82. The maximum atomic E-state index is 10.8. The molecule has 0 spiro atoms. The molecule has 0 aromatic heterocycles. The number of carbonyl (C=O) groups is 1. The Morgan fingerprint density at radius 3 is 2.60 bits per heavy atom. The fourth-order valence-electron chi connectivity index (χ4n) is 0.596. The molecule has 0 aliphatic heterocycles. The molecule has 3 heteroatoms. The fraction of sp³-hybridized carbons (Fsp3) is 0.714. The third-order valence-corrected chi connectivity index (χ3v) is 1.17. The van der Waals surface area contributed by atoms with Crippen LogP contribution in [0.5, 0.6) is 0 Å². The van der Waals surface area contributed by atoms with E-state index in [2.05, 4.69) is 12.2 Å². The van der Waals surface area contributed by atoms with Crippen molar-refractivity contribution in [3.8, 4) is 0 Å². The summed E-state index contributed by atoms with van der Waals surface area (Å²) in [5.41, 5.74) is 0. The Morgan fingerprint density at radius 1 is 1.60 bits per heavy atom. The average Bonchev–Trinajstić information content (AvgIpc) is 1.82. The van der Waals surface area contributed by atoms with Gasteiger partial charge in [-0.3, -0.25) is 4.79 Å². The third-order valence-electron chi connectivity index (χ3n) is 1.07. The predicted octanol–water partition coefficient (Wildman–Crippen LogP) is 1.64. The van der Waals surface area contributed by atoms with Gasteiger partial charge in [0, 0.05) is 6.42 Å². The van der Waals surface area contributed by atoms with E-state index < -0.39 is 0 Å². The molecule has 0 aromatic rings. The van der Waals surface area contributed by atoms with Crippen LogP contribution in [0.2, 0.25) is 0 Å². The van der Waals surface area contributed by atoms with Gasteiger partial charge in [0.2, 0.25) is 5.91 Å². The van der Waals surface area contributed by atoms with Crippen LogP contribution in [0.4, 0.5) is 0 Å². The van der Waals surface area contributed by atoms with Crippen molar-refractivity contribution in [2.24, 2.45) is 0 Å². The van der Waals surface area contributed by atoms with Gasteiger partial charge >= 0.3 is 0 Å². The van der Waals surface area contributed by atoms with Gasteiger partial charge in [0.25, 0.3) is 0 Å². The van der Waals surface area contributed by atoms with Crippen LogP contribution in [-0.2, 0) is 4.79 Å². The highest BCUT2D eigenvalue weighted by molar-refractivity contribution is 7.80. The second-order valence-electron chi connectivity index (χ2n) is 2.21. The van der Waals surface area contributed by atoms with E-state index in [4.69, 9.17) is 12.2 Å². The predicted molar refractivity (Wildman–Crippen MR) is 45.9 cm³/mol. The number of unbranched alkanes of at least 4 members (excludes halogenated alkanes) is 1. The molecule has 0 saturated heterocycles. The van der Waals surface area contributed by atoms with Gasteiger partial charge in [-0.2, -0.15) is 0 Å². The lowest BCUT2D eigenvalue weighted by molar-refractivity contribution is -0.119. The maximum absolute atomic E-state index is 10.8. The van der Waals surface area contributed by atoms with Gasteiger partial charge in [-0.1, -0.05) is 25.6 Å². The van der Waals surface area contributed by atoms with Crippen LogP contribution in [0.1, 0.15) is 33.1 Å². The summed E-state index contributed by atoms with van der Waals surface area (Å²) in [4.78, 5) is 11.4. The topological polar surface area (TPSA) is 29.1 Å². The number of amides is 1. The standard InChI is InChI=1S/C7H13NOS/c1-3-4-5-7(9)8-6(2)10/h3-5H2,1-2H3,(H,8,9,10). The first-order valence-corrected chi connectivity index (χ1v) is 3.88. The minimum Gasteiger partial charge on any atom is -0.321 e. The summed E-state index contributed by atoms with van der Waals surface area (Å²) >= 11 is 4.69. The van der Waals surface area contributed by atoms with Crippen molar-refractivity contribution in [2.75, 3.05) is 0 Å². The largest absolute Gasteiger partial charge is 0.321 e. The molecule has 1 amide bonds. The lowest BCUT2D eigenvalue weighted by Crippen LogP contribution is -2.26. The van der Waals surface area contributed by atoms with E-state index in [0.29, 0.717) is 11.4 Å². The van der Waals surface area contributed by atoms with E-state index in [-0.39, 0.29) is 5.91 Å². The third kappa shape index (κ3) is 5.69. The van der Waals surface area contributed by atoms with Gasteiger partial charge in [0.15, 0.2) is 0 Å². The summed E-state index contributed by atoms with van der Waals surface area (Å²) in [6.45, 7) is 3.76. The second kappa shape index (κ2) is 5.35. The molecule has 0 bridgehead atoms. The highest BCUT2D eigenvalue weighted by Gasteiger charge is 1.98. The molecule has 58 valence electrons. The summed E-state index contributed by atoms with van der Waals surface area (Å²) in [7, 11) is 0. The van der Waals surface area contributed by atoms with Crippen LogP contribution in [0, 0.1) is 0 Å². The van der Waals surface area contributed by atoms with Gasteiger partial charge in [0.05, 0.1) is 4.99 Å². The zero-order valence-corrected chi connectivity index (χ0v) is 7.25. The monoisotopic (exact) mass is 159 g/mol. The number of carbonyl (C=O) groups excluding carboxylic acids is 1. The molecule has 10 heavy (non-hydrogen) atoms. The SMILES string of the molecule is CCCCC(=O)NC(C)=S. The quantitative estimate of drug-likeness (QED) is 0.634. The minimum atomic E-state index is 0.0364. The van der Waals surface area contributed by atoms with E-state index >= 15 is 0 Å². The molecule has 0 rings (SSSR count). The van der Waals surface area contributed by atoms with Gasteiger partial charge in [-0.25, -0.2) is 0 Å². The number of thiocarbonyl (C=S) groups is 1. The summed E-state index contributed by atoms with van der Waals surface area (Å²) in [5.74, 6) is 0.0364. The smallest absolute Gasteiger partial charge is 0.224 e. The lowest BCUT2D eigenvalue weighted by Gasteiger charge is -1.99. The molecular formula is C7H13NOS. The highest BCUT2D eigenvalue weighted by atomic mass is 32.1. The molecule has 0 fully saturated rings. The Bertz CT molecular complexity index is 134. The van der Waals surface area contributed by atoms with Crippen molar-refractivity contribution in [2.45, 2.75) is 33.1 Å². The van der Waals surface area contributed by atoms with Crippen LogP contribution >= 0.6 is 12.2 Å². The molecule has 0 heterocycles. The minimum absolute atomic E-state index is 0.0364. The van der Waals surface area contributed by atoms with Crippen molar-refractivity contribution < 1.29 is 4.79 Å². The van der Waals surface area contributed by atoms with Gasteiger partial charge in [-0.05, 0) is 13.3 Å². The van der Waals surface area contributed by atoms with Crippen LogP contribution in [0.25, 0.3) is 0 Å². The van der Waals surface area contributed by atoms with Crippen LogP contribution < -0.4 is 5.32 Å². The van der Waals surface area contributed by atoms with Gasteiger partial charge in [-0.15, -0.1) is 0 Å². The Balaban J connectivity index is 3.35. The number of hydrogen-bond acceptors (Lipinski definition) is 2. The van der Waals surface area contributed by atoms with Crippen molar-refractivity contribution in [1.82, 2.24) is 5.32 Å². The molecule has 2 nitrogen and oxygen atoms in total. The molecule has 1 N–H and O–H groups in total. The molecule has 0 saturated carbocycles. The van der Waals surface area contributed by atoms with Crippen molar-refractivity contribution in [3.05, 3.63) is 0 Å². The van der Waals surface area contributed by atoms with Gasteiger partial charge < -0.3 is 5.32 Å². The number of rotatable bonds is 3. The van der Waals surface area contributed by atoms with E-state index in [0.717, 1.165) is 12.8 Å². The normalized spacial score (nSPS) is 9.00. The van der Waals surface area contributed by atoms with Gasteiger partial charge in [0.1, 0.15) is 0 Å². The summed E-state index contributed by atoms with van der Waals surface area (Å²) in [6.07, 6.45) is 2.57. The van der Waals surface area contributed by atoms with Crippen molar-refractivity contribution in [3.63, 3.8) is 0 Å². The van der Waals surface area contributed by atoms with Crippen molar-refractivity contribution in [1.29, 1.82) is 0 Å². The van der Waals surface area contributed by atoms with E-state index in [9.17, 15) is 4.79 Å². The molecular weight excluding hydrogens is 146 g/mol. The Hall–Kier alpha value is -0.440. The molecule has 0 aliphatic rings. The first-order valence-electron chi connectivity index (χ1n) is 3.47. The Labute approximate surface area is 67.0 Å².